The Morgan fingerprint density at radius 1 is 1.16 bits per heavy atom. The molecule has 6 heteroatoms. The van der Waals surface area contributed by atoms with E-state index in [1.807, 2.05) is 0 Å². The van der Waals surface area contributed by atoms with Gasteiger partial charge in [-0.3, -0.25) is 9.59 Å². The smallest absolute Gasteiger partial charge is 0.315 e. The van der Waals surface area contributed by atoms with Crippen LogP contribution in [0.2, 0.25) is 0 Å². The molecule has 0 aliphatic heterocycles. The van der Waals surface area contributed by atoms with E-state index in [9.17, 15) is 9.59 Å². The first-order valence-electron chi connectivity index (χ1n) is 5.61. The van der Waals surface area contributed by atoms with Gasteiger partial charge in [0.05, 0.1) is 27.0 Å². The van der Waals surface area contributed by atoms with Gasteiger partial charge in [-0.05, 0) is 18.6 Å². The molecule has 6 nitrogen and oxygen atoms in total. The lowest BCUT2D eigenvalue weighted by molar-refractivity contribution is -0.142. The maximum Gasteiger partial charge on any atom is 0.315 e. The van der Waals surface area contributed by atoms with Crippen molar-refractivity contribution in [3.05, 3.63) is 17.7 Å². The highest BCUT2D eigenvalue weighted by atomic mass is 16.5. The van der Waals surface area contributed by atoms with Crippen LogP contribution in [0.15, 0.2) is 12.1 Å². The average Bonchev–Trinajstić information content (AvgIpc) is 2.40. The molecular weight excluding hydrogens is 250 g/mol. The Bertz CT molecular complexity index is 484. The third-order valence-electron chi connectivity index (χ3n) is 2.53. The lowest BCUT2D eigenvalue weighted by Crippen LogP contribution is -2.18. The summed E-state index contributed by atoms with van der Waals surface area (Å²) in [6, 6.07) is 3.41. The highest BCUT2D eigenvalue weighted by Crippen LogP contribution is 2.33. The molecule has 1 aromatic carbocycles. The van der Waals surface area contributed by atoms with Gasteiger partial charge in [0, 0.05) is 6.07 Å². The van der Waals surface area contributed by atoms with E-state index in [0.717, 1.165) is 5.56 Å². The SMILES string of the molecule is COC(=O)CC(=O)Nc1c(C)cc(OC)cc1OC. The minimum atomic E-state index is -0.595. The molecular formula is C13H17NO5. The van der Waals surface area contributed by atoms with Crippen LogP contribution in [0.25, 0.3) is 0 Å². The summed E-state index contributed by atoms with van der Waals surface area (Å²) < 4.78 is 14.7. The number of rotatable bonds is 5. The summed E-state index contributed by atoms with van der Waals surface area (Å²) in [4.78, 5) is 22.7. The van der Waals surface area contributed by atoms with E-state index in [-0.39, 0.29) is 6.42 Å². The van der Waals surface area contributed by atoms with Gasteiger partial charge in [0.15, 0.2) is 0 Å². The maximum atomic E-state index is 11.7. The number of ether oxygens (including phenoxy) is 3. The van der Waals surface area contributed by atoms with Crippen molar-refractivity contribution in [1.29, 1.82) is 0 Å². The summed E-state index contributed by atoms with van der Waals surface area (Å²) in [5, 5.41) is 2.63. The van der Waals surface area contributed by atoms with Crippen LogP contribution in [0.4, 0.5) is 5.69 Å². The number of carbonyl (C=O) groups is 2. The van der Waals surface area contributed by atoms with Crippen LogP contribution in [0.5, 0.6) is 11.5 Å². The molecule has 0 bridgehead atoms. The highest BCUT2D eigenvalue weighted by molar-refractivity contribution is 6.03. The van der Waals surface area contributed by atoms with Crippen molar-refractivity contribution in [2.75, 3.05) is 26.6 Å². The van der Waals surface area contributed by atoms with E-state index in [2.05, 4.69) is 10.1 Å². The minimum absolute atomic E-state index is 0.342. The summed E-state index contributed by atoms with van der Waals surface area (Å²) in [6.45, 7) is 1.80. The van der Waals surface area contributed by atoms with Gasteiger partial charge in [0.2, 0.25) is 5.91 Å². The van der Waals surface area contributed by atoms with Gasteiger partial charge in [0.25, 0.3) is 0 Å². The highest BCUT2D eigenvalue weighted by Gasteiger charge is 2.15. The molecule has 0 atom stereocenters. The molecule has 0 fully saturated rings. The lowest BCUT2D eigenvalue weighted by atomic mass is 10.1. The van der Waals surface area contributed by atoms with Crippen molar-refractivity contribution in [1.82, 2.24) is 0 Å². The zero-order chi connectivity index (χ0) is 14.4. The Morgan fingerprint density at radius 3 is 2.37 bits per heavy atom. The van der Waals surface area contributed by atoms with E-state index in [0.29, 0.717) is 17.2 Å². The molecule has 1 rings (SSSR count). The van der Waals surface area contributed by atoms with E-state index < -0.39 is 11.9 Å². The van der Waals surface area contributed by atoms with Gasteiger partial charge < -0.3 is 19.5 Å². The van der Waals surface area contributed by atoms with Gasteiger partial charge >= 0.3 is 5.97 Å². The normalized spacial score (nSPS) is 9.68. The Morgan fingerprint density at radius 2 is 1.84 bits per heavy atom. The Hall–Kier alpha value is -2.24. The van der Waals surface area contributed by atoms with Crippen LogP contribution in [0.1, 0.15) is 12.0 Å². The number of hydrogen-bond donors (Lipinski definition) is 1. The molecule has 1 N–H and O–H groups in total. The quantitative estimate of drug-likeness (QED) is 0.646. The van der Waals surface area contributed by atoms with Crippen LogP contribution in [0.3, 0.4) is 0 Å². The largest absolute Gasteiger partial charge is 0.497 e. The predicted molar refractivity (Wildman–Crippen MR) is 69.5 cm³/mol. The molecule has 104 valence electrons. The van der Waals surface area contributed by atoms with E-state index in [1.165, 1.54) is 14.2 Å². The Kier molecular flexibility index (Phi) is 5.17. The summed E-state index contributed by atoms with van der Waals surface area (Å²) >= 11 is 0. The van der Waals surface area contributed by atoms with Crippen molar-refractivity contribution in [2.24, 2.45) is 0 Å². The first kappa shape index (κ1) is 14.8. The third-order valence-corrected chi connectivity index (χ3v) is 2.53. The molecule has 0 spiro atoms. The van der Waals surface area contributed by atoms with Crippen LogP contribution >= 0.6 is 0 Å². The number of anilines is 1. The fourth-order valence-electron chi connectivity index (χ4n) is 1.55. The molecule has 0 aromatic heterocycles. The van der Waals surface area contributed by atoms with Crippen molar-refractivity contribution in [2.45, 2.75) is 13.3 Å². The van der Waals surface area contributed by atoms with Crippen LogP contribution in [-0.4, -0.2) is 33.2 Å². The standard InChI is InChI=1S/C13H17NO5/c1-8-5-9(17-2)6-10(18-3)13(8)14-11(15)7-12(16)19-4/h5-6H,7H2,1-4H3,(H,14,15). The van der Waals surface area contributed by atoms with Gasteiger partial charge in [-0.15, -0.1) is 0 Å². The average molecular weight is 267 g/mol. The molecule has 19 heavy (non-hydrogen) atoms. The first-order chi connectivity index (χ1) is 9.01. The Balaban J connectivity index is 2.94. The number of nitrogens with one attached hydrogen (secondary N) is 1. The molecule has 1 amide bonds. The molecule has 0 aliphatic carbocycles. The summed E-state index contributed by atoms with van der Waals surface area (Å²) in [5.74, 6) is 0.0384. The predicted octanol–water partition coefficient (Wildman–Crippen LogP) is 1.51. The molecule has 0 heterocycles. The second kappa shape index (κ2) is 6.63. The number of aryl methyl sites for hydroxylation is 1. The molecule has 0 aliphatic rings. The van der Waals surface area contributed by atoms with Crippen LogP contribution in [-0.2, 0) is 14.3 Å². The molecule has 0 unspecified atom stereocenters. The second-order valence-electron chi connectivity index (χ2n) is 3.82. The van der Waals surface area contributed by atoms with Gasteiger partial charge in [-0.25, -0.2) is 0 Å². The van der Waals surface area contributed by atoms with Crippen molar-refractivity contribution >= 4 is 17.6 Å². The molecule has 1 aromatic rings. The number of amides is 1. The van der Waals surface area contributed by atoms with Gasteiger partial charge in [0.1, 0.15) is 17.9 Å². The number of esters is 1. The van der Waals surface area contributed by atoms with E-state index in [1.54, 1.807) is 26.2 Å². The van der Waals surface area contributed by atoms with Crippen LogP contribution < -0.4 is 14.8 Å². The molecule has 0 saturated heterocycles. The fraction of sp³-hybridized carbons (Fsp3) is 0.385. The van der Waals surface area contributed by atoms with E-state index >= 15 is 0 Å². The number of methoxy groups -OCH3 is 3. The summed E-state index contributed by atoms with van der Waals surface area (Å²) in [5.41, 5.74) is 1.28. The monoisotopic (exact) mass is 267 g/mol. The second-order valence-corrected chi connectivity index (χ2v) is 3.82. The lowest BCUT2D eigenvalue weighted by Gasteiger charge is -2.14. The van der Waals surface area contributed by atoms with Crippen LogP contribution in [0, 0.1) is 6.92 Å². The van der Waals surface area contributed by atoms with Gasteiger partial charge in [-0.1, -0.05) is 0 Å². The minimum Gasteiger partial charge on any atom is -0.497 e. The first-order valence-corrected chi connectivity index (χ1v) is 5.61. The van der Waals surface area contributed by atoms with Crippen molar-refractivity contribution < 1.29 is 23.8 Å². The van der Waals surface area contributed by atoms with Crippen molar-refractivity contribution in [3.8, 4) is 11.5 Å². The van der Waals surface area contributed by atoms with E-state index in [4.69, 9.17) is 9.47 Å². The molecule has 0 radical (unpaired) electrons. The zero-order valence-corrected chi connectivity index (χ0v) is 11.4. The number of benzene rings is 1. The zero-order valence-electron chi connectivity index (χ0n) is 11.4. The van der Waals surface area contributed by atoms with Crippen molar-refractivity contribution in [3.63, 3.8) is 0 Å². The fourth-order valence-corrected chi connectivity index (χ4v) is 1.55. The molecule has 0 saturated carbocycles. The Labute approximate surface area is 111 Å². The number of hydrogen-bond acceptors (Lipinski definition) is 5. The number of carbonyl (C=O) groups excluding carboxylic acids is 2. The topological polar surface area (TPSA) is 73.9 Å². The maximum absolute atomic E-state index is 11.7. The third kappa shape index (κ3) is 3.87. The summed E-state index contributed by atoms with van der Waals surface area (Å²) in [7, 11) is 4.27. The van der Waals surface area contributed by atoms with Gasteiger partial charge in [-0.2, -0.15) is 0 Å². The summed E-state index contributed by atoms with van der Waals surface area (Å²) in [6.07, 6.45) is -0.342.